The number of nitrogens with zero attached hydrogens (tertiary/aromatic N) is 1. The van der Waals surface area contributed by atoms with Crippen molar-refractivity contribution in [2.45, 2.75) is 27.7 Å². The van der Waals surface area contributed by atoms with E-state index in [2.05, 4.69) is 5.32 Å². The van der Waals surface area contributed by atoms with Crippen LogP contribution in [0.4, 0.5) is 5.69 Å². The number of esters is 1. The van der Waals surface area contributed by atoms with Gasteiger partial charge in [-0.15, -0.1) is 0 Å². The van der Waals surface area contributed by atoms with Gasteiger partial charge in [-0.3, -0.25) is 4.79 Å². The van der Waals surface area contributed by atoms with Crippen LogP contribution in [0.1, 0.15) is 30.5 Å². The lowest BCUT2D eigenvalue weighted by atomic mass is 10.1. The molecule has 0 spiro atoms. The summed E-state index contributed by atoms with van der Waals surface area (Å²) in [6.07, 6.45) is 1.47. The summed E-state index contributed by atoms with van der Waals surface area (Å²) in [7, 11) is 0. The van der Waals surface area contributed by atoms with Crippen LogP contribution in [0.15, 0.2) is 42.0 Å². The first-order valence-corrected chi connectivity index (χ1v) is 9.93. The molecular weight excluding hydrogens is 396 g/mol. The minimum Gasteiger partial charge on any atom is -0.490 e. The van der Waals surface area contributed by atoms with E-state index in [1.807, 2.05) is 45.0 Å². The second kappa shape index (κ2) is 11.4. The molecule has 0 fully saturated rings. The molecule has 0 aliphatic heterocycles. The van der Waals surface area contributed by atoms with Gasteiger partial charge in [0.2, 0.25) is 0 Å². The highest BCUT2D eigenvalue weighted by Gasteiger charge is 2.13. The molecular formula is C24H26N2O5. The van der Waals surface area contributed by atoms with E-state index in [9.17, 15) is 14.9 Å². The second-order valence-corrected chi connectivity index (χ2v) is 6.73. The molecule has 2 aromatic rings. The lowest BCUT2D eigenvalue weighted by molar-refractivity contribution is -0.145. The predicted octanol–water partition coefficient (Wildman–Crippen LogP) is 4.19. The first kappa shape index (κ1) is 23.5. The molecule has 0 bridgehead atoms. The second-order valence-electron chi connectivity index (χ2n) is 6.73. The molecule has 0 saturated heterocycles. The molecule has 2 aromatic carbocycles. The SMILES string of the molecule is CCOC(=O)COc1ccc(/C=C(\C#N)C(=O)Nc2cc(C)cc(C)c2)cc1OCC. The third-order valence-corrected chi connectivity index (χ3v) is 4.07. The monoisotopic (exact) mass is 422 g/mol. The van der Waals surface area contributed by atoms with Crippen LogP contribution in [-0.4, -0.2) is 31.7 Å². The minimum absolute atomic E-state index is 0.0539. The third-order valence-electron chi connectivity index (χ3n) is 4.07. The highest BCUT2D eigenvalue weighted by molar-refractivity contribution is 6.09. The molecule has 2 rings (SSSR count). The topological polar surface area (TPSA) is 97.7 Å². The van der Waals surface area contributed by atoms with Crippen molar-refractivity contribution >= 4 is 23.6 Å². The van der Waals surface area contributed by atoms with Gasteiger partial charge in [-0.25, -0.2) is 4.79 Å². The highest BCUT2D eigenvalue weighted by atomic mass is 16.6. The maximum atomic E-state index is 12.6. The molecule has 7 heteroatoms. The quantitative estimate of drug-likeness (QED) is 0.370. The van der Waals surface area contributed by atoms with E-state index in [1.165, 1.54) is 6.08 Å². The number of aryl methyl sites for hydroxylation is 2. The molecule has 1 N–H and O–H groups in total. The van der Waals surface area contributed by atoms with Crippen molar-refractivity contribution in [3.63, 3.8) is 0 Å². The van der Waals surface area contributed by atoms with Crippen LogP contribution in [0.5, 0.6) is 11.5 Å². The van der Waals surface area contributed by atoms with E-state index in [1.54, 1.807) is 25.1 Å². The maximum Gasteiger partial charge on any atom is 0.344 e. The van der Waals surface area contributed by atoms with Gasteiger partial charge in [-0.1, -0.05) is 12.1 Å². The largest absolute Gasteiger partial charge is 0.490 e. The summed E-state index contributed by atoms with van der Waals surface area (Å²) >= 11 is 0. The summed E-state index contributed by atoms with van der Waals surface area (Å²) < 4.78 is 15.9. The van der Waals surface area contributed by atoms with Crippen LogP contribution in [0.2, 0.25) is 0 Å². The van der Waals surface area contributed by atoms with E-state index in [0.29, 0.717) is 29.4 Å². The summed E-state index contributed by atoms with van der Waals surface area (Å²) in [5.41, 5.74) is 3.18. The van der Waals surface area contributed by atoms with Crippen molar-refractivity contribution in [1.29, 1.82) is 5.26 Å². The van der Waals surface area contributed by atoms with Crippen LogP contribution >= 0.6 is 0 Å². The zero-order valence-electron chi connectivity index (χ0n) is 18.2. The normalized spacial score (nSPS) is 10.7. The number of amides is 1. The van der Waals surface area contributed by atoms with Gasteiger partial charge in [0, 0.05) is 5.69 Å². The Morgan fingerprint density at radius 3 is 2.32 bits per heavy atom. The number of nitrogens with one attached hydrogen (secondary N) is 1. The fourth-order valence-corrected chi connectivity index (χ4v) is 2.90. The van der Waals surface area contributed by atoms with E-state index in [-0.39, 0.29) is 18.8 Å². The predicted molar refractivity (Wildman–Crippen MR) is 118 cm³/mol. The lowest BCUT2D eigenvalue weighted by Crippen LogP contribution is -2.15. The molecule has 0 radical (unpaired) electrons. The molecule has 0 saturated carbocycles. The summed E-state index contributed by atoms with van der Waals surface area (Å²) in [5, 5.41) is 12.2. The molecule has 31 heavy (non-hydrogen) atoms. The van der Waals surface area contributed by atoms with E-state index >= 15 is 0 Å². The van der Waals surface area contributed by atoms with Gasteiger partial charge in [-0.05, 0) is 74.7 Å². The molecule has 0 heterocycles. The molecule has 0 aliphatic carbocycles. The van der Waals surface area contributed by atoms with E-state index < -0.39 is 11.9 Å². The average molecular weight is 422 g/mol. The number of anilines is 1. The van der Waals surface area contributed by atoms with Gasteiger partial charge < -0.3 is 19.5 Å². The van der Waals surface area contributed by atoms with Crippen LogP contribution in [0.25, 0.3) is 6.08 Å². The van der Waals surface area contributed by atoms with Crippen molar-refractivity contribution in [1.82, 2.24) is 0 Å². The smallest absolute Gasteiger partial charge is 0.344 e. The van der Waals surface area contributed by atoms with Gasteiger partial charge in [0.1, 0.15) is 11.6 Å². The van der Waals surface area contributed by atoms with Crippen LogP contribution in [0, 0.1) is 25.2 Å². The Kier molecular flexibility index (Phi) is 8.64. The number of carbonyl (C=O) groups excluding carboxylic acids is 2. The van der Waals surface area contributed by atoms with Crippen LogP contribution in [0.3, 0.4) is 0 Å². The molecule has 0 unspecified atom stereocenters. The fraction of sp³-hybridized carbons (Fsp3) is 0.292. The molecule has 0 atom stereocenters. The Morgan fingerprint density at radius 1 is 1.00 bits per heavy atom. The molecule has 0 aromatic heterocycles. The Bertz CT molecular complexity index is 1000. The van der Waals surface area contributed by atoms with Crippen molar-refractivity contribution in [3.8, 4) is 17.6 Å². The lowest BCUT2D eigenvalue weighted by Gasteiger charge is -2.12. The van der Waals surface area contributed by atoms with Crippen LogP contribution in [-0.2, 0) is 14.3 Å². The standard InChI is InChI=1S/C24H26N2O5/c1-5-29-22-13-18(7-8-21(22)31-15-23(27)30-6-2)12-19(14-25)24(28)26-20-10-16(3)9-17(4)11-20/h7-13H,5-6,15H2,1-4H3,(H,26,28)/b19-12+. The molecule has 7 nitrogen and oxygen atoms in total. The maximum absolute atomic E-state index is 12.6. The van der Waals surface area contributed by atoms with Crippen molar-refractivity contribution in [2.75, 3.05) is 25.1 Å². The van der Waals surface area contributed by atoms with Gasteiger partial charge in [0.05, 0.1) is 13.2 Å². The first-order valence-electron chi connectivity index (χ1n) is 9.93. The van der Waals surface area contributed by atoms with Crippen molar-refractivity contribution in [2.24, 2.45) is 0 Å². The molecule has 162 valence electrons. The first-order chi connectivity index (χ1) is 14.9. The minimum atomic E-state index is -0.506. The summed E-state index contributed by atoms with van der Waals surface area (Å²) in [4.78, 5) is 24.1. The fourth-order valence-electron chi connectivity index (χ4n) is 2.90. The average Bonchev–Trinajstić information content (AvgIpc) is 2.71. The molecule has 1 amide bonds. The Balaban J connectivity index is 2.22. The van der Waals surface area contributed by atoms with Gasteiger partial charge in [-0.2, -0.15) is 5.26 Å². The number of hydrogen-bond acceptors (Lipinski definition) is 6. The number of benzene rings is 2. The number of hydrogen-bond donors (Lipinski definition) is 1. The number of carbonyl (C=O) groups is 2. The summed E-state index contributed by atoms with van der Waals surface area (Å²) in [5.74, 6) is -0.227. The van der Waals surface area contributed by atoms with Crippen molar-refractivity contribution in [3.05, 3.63) is 58.7 Å². The zero-order valence-corrected chi connectivity index (χ0v) is 18.2. The highest BCUT2D eigenvalue weighted by Crippen LogP contribution is 2.29. The summed E-state index contributed by atoms with van der Waals surface area (Å²) in [6, 6.07) is 12.5. The Labute approximate surface area is 182 Å². The summed E-state index contributed by atoms with van der Waals surface area (Å²) in [6.45, 7) is 7.80. The van der Waals surface area contributed by atoms with Gasteiger partial charge in [0.25, 0.3) is 5.91 Å². The number of ether oxygens (including phenoxy) is 3. The third kappa shape index (κ3) is 7.19. The van der Waals surface area contributed by atoms with Crippen LogP contribution < -0.4 is 14.8 Å². The Hall–Kier alpha value is -3.79. The van der Waals surface area contributed by atoms with Crippen molar-refractivity contribution < 1.29 is 23.8 Å². The molecule has 0 aliphatic rings. The van der Waals surface area contributed by atoms with E-state index in [4.69, 9.17) is 14.2 Å². The zero-order chi connectivity index (χ0) is 22.8. The van der Waals surface area contributed by atoms with Gasteiger partial charge in [0.15, 0.2) is 18.1 Å². The Morgan fingerprint density at radius 2 is 1.71 bits per heavy atom. The number of rotatable bonds is 9. The van der Waals surface area contributed by atoms with E-state index in [0.717, 1.165) is 11.1 Å². The number of nitriles is 1. The van der Waals surface area contributed by atoms with Gasteiger partial charge >= 0.3 is 5.97 Å².